The fourth-order valence-electron chi connectivity index (χ4n) is 2.33. The Kier molecular flexibility index (Phi) is 5.50. The van der Waals surface area contributed by atoms with Crippen molar-refractivity contribution >= 4 is 23.4 Å². The number of aromatic nitrogens is 3. The molecule has 0 fully saturated rings. The van der Waals surface area contributed by atoms with Crippen LogP contribution in [0.5, 0.6) is 0 Å². The fourth-order valence-corrected chi connectivity index (χ4v) is 2.93. The topological polar surface area (TPSA) is 70.7 Å². The predicted molar refractivity (Wildman–Crippen MR) is 97.4 cm³/mol. The van der Waals surface area contributed by atoms with Crippen LogP contribution in [0.15, 0.2) is 53.7 Å². The number of carbonyl (C=O) groups is 1. The van der Waals surface area contributed by atoms with Gasteiger partial charge in [0.05, 0.1) is 11.3 Å². The zero-order chi connectivity index (χ0) is 19.4. The maximum absolute atomic E-state index is 12.7. The number of carbonyl (C=O) groups excluding carboxylic acids is 1. The van der Waals surface area contributed by atoms with Gasteiger partial charge in [-0.1, -0.05) is 41.6 Å². The van der Waals surface area contributed by atoms with Crippen LogP contribution in [0.2, 0.25) is 0 Å². The molecule has 1 amide bonds. The number of amides is 1. The Bertz CT molecular complexity index is 956. The van der Waals surface area contributed by atoms with Gasteiger partial charge >= 0.3 is 6.18 Å². The number of rotatable bonds is 5. The highest BCUT2D eigenvalue weighted by Gasteiger charge is 2.30. The van der Waals surface area contributed by atoms with Crippen LogP contribution in [-0.4, -0.2) is 26.8 Å². The molecule has 0 saturated carbocycles. The summed E-state index contributed by atoms with van der Waals surface area (Å²) in [4.78, 5) is 16.3. The third-order valence-corrected chi connectivity index (χ3v) is 4.41. The van der Waals surface area contributed by atoms with Crippen molar-refractivity contribution in [3.05, 3.63) is 59.7 Å². The summed E-state index contributed by atoms with van der Waals surface area (Å²) in [5.41, 5.74) is 1.23. The molecule has 0 spiro atoms. The molecule has 0 aliphatic rings. The molecule has 1 aromatic heterocycles. The molecular weight excluding hydrogens is 377 g/mol. The van der Waals surface area contributed by atoms with Crippen LogP contribution < -0.4 is 5.32 Å². The van der Waals surface area contributed by atoms with Gasteiger partial charge in [-0.05, 0) is 31.2 Å². The predicted octanol–water partition coefficient (Wildman–Crippen LogP) is 4.53. The zero-order valence-electron chi connectivity index (χ0n) is 14.2. The lowest BCUT2D eigenvalue weighted by atomic mass is 10.1. The van der Waals surface area contributed by atoms with Crippen molar-refractivity contribution in [1.82, 2.24) is 15.2 Å². The van der Waals surface area contributed by atoms with Crippen molar-refractivity contribution in [2.24, 2.45) is 0 Å². The summed E-state index contributed by atoms with van der Waals surface area (Å²) < 4.78 is 38.1. The number of benzene rings is 2. The van der Waals surface area contributed by atoms with E-state index in [1.807, 2.05) is 31.2 Å². The van der Waals surface area contributed by atoms with Gasteiger partial charge in [0.1, 0.15) is 0 Å². The summed E-state index contributed by atoms with van der Waals surface area (Å²) in [5, 5.41) is 9.68. The van der Waals surface area contributed by atoms with E-state index in [1.165, 1.54) is 12.1 Å². The van der Waals surface area contributed by atoms with E-state index in [2.05, 4.69) is 20.5 Å². The number of H-pyrrole nitrogens is 1. The quantitative estimate of drug-likeness (QED) is 0.626. The molecule has 2 N–H and O–H groups in total. The van der Waals surface area contributed by atoms with Crippen molar-refractivity contribution in [3.63, 3.8) is 0 Å². The molecule has 3 rings (SSSR count). The molecule has 0 unspecified atom stereocenters. The first-order chi connectivity index (χ1) is 12.8. The molecule has 140 valence electrons. The second kappa shape index (κ2) is 7.83. The van der Waals surface area contributed by atoms with E-state index in [0.29, 0.717) is 11.0 Å². The number of thioether (sulfide) groups is 1. The molecule has 0 saturated heterocycles. The molecule has 9 heteroatoms. The van der Waals surface area contributed by atoms with Gasteiger partial charge < -0.3 is 5.32 Å². The minimum Gasteiger partial charge on any atom is -0.325 e. The standard InChI is InChI=1S/C18H15F3N4OS/c1-11-4-2-5-12(8-11)16-23-17(25-24-16)27-10-15(26)22-14-7-3-6-13(9-14)18(19,20)21/h2-9H,10H2,1H3,(H,22,26)(H,23,24,25). The van der Waals surface area contributed by atoms with Crippen LogP contribution in [-0.2, 0) is 11.0 Å². The number of nitrogens with zero attached hydrogens (tertiary/aromatic N) is 2. The van der Waals surface area contributed by atoms with Gasteiger partial charge in [0.25, 0.3) is 0 Å². The van der Waals surface area contributed by atoms with E-state index in [-0.39, 0.29) is 11.4 Å². The Balaban J connectivity index is 1.59. The lowest BCUT2D eigenvalue weighted by Gasteiger charge is -2.09. The number of aryl methyl sites for hydroxylation is 1. The molecule has 0 radical (unpaired) electrons. The maximum atomic E-state index is 12.7. The normalized spacial score (nSPS) is 11.4. The van der Waals surface area contributed by atoms with E-state index < -0.39 is 17.6 Å². The third-order valence-electron chi connectivity index (χ3n) is 3.56. The van der Waals surface area contributed by atoms with Gasteiger partial charge in [0.2, 0.25) is 11.1 Å². The van der Waals surface area contributed by atoms with Crippen LogP contribution in [0.25, 0.3) is 11.4 Å². The van der Waals surface area contributed by atoms with Gasteiger partial charge in [-0.25, -0.2) is 4.98 Å². The molecule has 2 aromatic carbocycles. The minimum atomic E-state index is -4.46. The molecule has 0 atom stereocenters. The van der Waals surface area contributed by atoms with Crippen LogP contribution in [0, 0.1) is 6.92 Å². The van der Waals surface area contributed by atoms with Crippen molar-refractivity contribution in [1.29, 1.82) is 0 Å². The maximum Gasteiger partial charge on any atom is 0.416 e. The third kappa shape index (κ3) is 5.10. The first kappa shape index (κ1) is 19.0. The van der Waals surface area contributed by atoms with Crippen molar-refractivity contribution in [2.45, 2.75) is 18.3 Å². The monoisotopic (exact) mass is 392 g/mol. The smallest absolute Gasteiger partial charge is 0.325 e. The van der Waals surface area contributed by atoms with Gasteiger partial charge in [-0.15, -0.1) is 5.10 Å². The highest BCUT2D eigenvalue weighted by atomic mass is 32.2. The van der Waals surface area contributed by atoms with E-state index in [0.717, 1.165) is 35.0 Å². The van der Waals surface area contributed by atoms with Gasteiger partial charge in [0, 0.05) is 11.3 Å². The second-order valence-electron chi connectivity index (χ2n) is 5.75. The largest absolute Gasteiger partial charge is 0.416 e. The van der Waals surface area contributed by atoms with E-state index in [4.69, 9.17) is 0 Å². The summed E-state index contributed by atoms with van der Waals surface area (Å²) in [7, 11) is 0. The first-order valence-electron chi connectivity index (χ1n) is 7.90. The lowest BCUT2D eigenvalue weighted by molar-refractivity contribution is -0.137. The van der Waals surface area contributed by atoms with Crippen LogP contribution in [0.3, 0.4) is 0 Å². The molecule has 0 aliphatic carbocycles. The number of hydrogen-bond acceptors (Lipinski definition) is 4. The molecular formula is C18H15F3N4OS. The number of alkyl halides is 3. The van der Waals surface area contributed by atoms with Crippen molar-refractivity contribution < 1.29 is 18.0 Å². The molecule has 3 aromatic rings. The Morgan fingerprint density at radius 1 is 1.19 bits per heavy atom. The zero-order valence-corrected chi connectivity index (χ0v) is 15.0. The lowest BCUT2D eigenvalue weighted by Crippen LogP contribution is -2.15. The summed E-state index contributed by atoms with van der Waals surface area (Å²) in [6.45, 7) is 1.97. The molecule has 0 aliphatic heterocycles. The van der Waals surface area contributed by atoms with Crippen molar-refractivity contribution in [3.8, 4) is 11.4 Å². The van der Waals surface area contributed by atoms with Crippen molar-refractivity contribution in [2.75, 3.05) is 11.1 Å². The number of aromatic amines is 1. The summed E-state index contributed by atoms with van der Waals surface area (Å²) in [6, 6.07) is 12.2. The Labute approximate surface area is 157 Å². The number of anilines is 1. The van der Waals surface area contributed by atoms with Gasteiger partial charge in [-0.3, -0.25) is 9.89 Å². The highest BCUT2D eigenvalue weighted by Crippen LogP contribution is 2.30. The average Bonchev–Trinajstić information content (AvgIpc) is 3.09. The van der Waals surface area contributed by atoms with E-state index in [1.54, 1.807) is 0 Å². The van der Waals surface area contributed by atoms with Crippen LogP contribution >= 0.6 is 11.8 Å². The molecule has 27 heavy (non-hydrogen) atoms. The number of halogens is 3. The molecule has 0 bridgehead atoms. The molecule has 5 nitrogen and oxygen atoms in total. The Morgan fingerprint density at radius 2 is 1.96 bits per heavy atom. The SMILES string of the molecule is Cc1cccc(-c2nc(SCC(=O)Nc3cccc(C(F)(F)F)c3)n[nH]2)c1. The summed E-state index contributed by atoms with van der Waals surface area (Å²) in [5.74, 6) is 0.113. The van der Waals surface area contributed by atoms with Crippen LogP contribution in [0.1, 0.15) is 11.1 Å². The fraction of sp³-hybridized carbons (Fsp3) is 0.167. The summed E-state index contributed by atoms with van der Waals surface area (Å²) >= 11 is 1.09. The average molecular weight is 392 g/mol. The molecule has 1 heterocycles. The Hall–Kier alpha value is -2.81. The van der Waals surface area contributed by atoms with Crippen LogP contribution in [0.4, 0.5) is 18.9 Å². The van der Waals surface area contributed by atoms with Gasteiger partial charge in [-0.2, -0.15) is 13.2 Å². The number of nitrogens with one attached hydrogen (secondary N) is 2. The van der Waals surface area contributed by atoms with E-state index in [9.17, 15) is 18.0 Å². The number of hydrogen-bond donors (Lipinski definition) is 2. The highest BCUT2D eigenvalue weighted by molar-refractivity contribution is 7.99. The minimum absolute atomic E-state index is 0.0264. The first-order valence-corrected chi connectivity index (χ1v) is 8.89. The Morgan fingerprint density at radius 3 is 2.70 bits per heavy atom. The van der Waals surface area contributed by atoms with Gasteiger partial charge in [0.15, 0.2) is 5.82 Å². The second-order valence-corrected chi connectivity index (χ2v) is 6.69. The van der Waals surface area contributed by atoms with E-state index >= 15 is 0 Å². The summed E-state index contributed by atoms with van der Waals surface area (Å²) in [6.07, 6.45) is -4.46.